The topological polar surface area (TPSA) is 100 Å². The summed E-state index contributed by atoms with van der Waals surface area (Å²) in [6.45, 7) is 4.54. The lowest BCUT2D eigenvalue weighted by Crippen LogP contribution is -2.54. The van der Waals surface area contributed by atoms with Gasteiger partial charge in [-0.2, -0.15) is 0 Å². The van der Waals surface area contributed by atoms with E-state index in [0.29, 0.717) is 43.0 Å². The zero-order valence-corrected chi connectivity index (χ0v) is 18.4. The molecule has 4 rings (SSSR count). The Morgan fingerprint density at radius 1 is 1.16 bits per heavy atom. The van der Waals surface area contributed by atoms with Gasteiger partial charge >= 0.3 is 0 Å². The fourth-order valence-corrected chi connectivity index (χ4v) is 4.66. The van der Waals surface area contributed by atoms with Crippen molar-refractivity contribution >= 4 is 23.3 Å². The molecule has 0 saturated heterocycles. The number of hydrogen-bond acceptors (Lipinski definition) is 6. The fourth-order valence-electron chi connectivity index (χ4n) is 4.66. The number of methoxy groups -OCH3 is 1. The van der Waals surface area contributed by atoms with Gasteiger partial charge in [0.2, 0.25) is 5.78 Å². The van der Waals surface area contributed by atoms with E-state index >= 15 is 0 Å². The standard InChI is InChI=1S/C24H26N2O6/c1-4-12-25-17-9-6-5-8-16(17)24(23(25)30)19(20(27)18-11-10-15(2)32-18)21(28)22(29)26(24)13-7-14-31-3/h5-6,8-11,28H,4,7,12-14H2,1-3H3/t24-/m1/s1. The first-order chi connectivity index (χ1) is 15.4. The van der Waals surface area contributed by atoms with Crippen molar-refractivity contribution in [2.24, 2.45) is 0 Å². The van der Waals surface area contributed by atoms with Gasteiger partial charge in [0.25, 0.3) is 11.8 Å². The Morgan fingerprint density at radius 2 is 1.91 bits per heavy atom. The van der Waals surface area contributed by atoms with Crippen LogP contribution in [0.3, 0.4) is 0 Å². The summed E-state index contributed by atoms with van der Waals surface area (Å²) in [6, 6.07) is 10.2. The molecule has 2 aliphatic heterocycles. The molecule has 3 heterocycles. The Hall–Kier alpha value is -3.39. The molecule has 168 valence electrons. The predicted molar refractivity (Wildman–Crippen MR) is 116 cm³/mol. The first-order valence-corrected chi connectivity index (χ1v) is 10.7. The fraction of sp³-hybridized carbons (Fsp3) is 0.375. The molecular weight excluding hydrogens is 412 g/mol. The summed E-state index contributed by atoms with van der Waals surface area (Å²) in [4.78, 5) is 43.8. The zero-order valence-electron chi connectivity index (χ0n) is 18.4. The van der Waals surface area contributed by atoms with Crippen LogP contribution in [0.1, 0.15) is 41.6 Å². The smallest absolute Gasteiger partial charge is 0.290 e. The number of anilines is 1. The minimum absolute atomic E-state index is 0.0332. The number of furan rings is 1. The molecule has 0 aliphatic carbocycles. The second kappa shape index (κ2) is 8.27. The molecule has 2 amide bonds. The maximum atomic E-state index is 14.0. The van der Waals surface area contributed by atoms with E-state index in [1.807, 2.05) is 6.92 Å². The SMILES string of the molecule is CCCN1C(=O)[C@]2(C(C(=O)c3ccc(C)o3)=C(O)C(=O)N2CCCOC)c2ccccc21. The predicted octanol–water partition coefficient (Wildman–Crippen LogP) is 3.11. The molecule has 2 aromatic rings. The van der Waals surface area contributed by atoms with Crippen molar-refractivity contribution in [3.8, 4) is 0 Å². The van der Waals surface area contributed by atoms with E-state index in [-0.39, 0.29) is 17.9 Å². The van der Waals surface area contributed by atoms with Gasteiger partial charge in [0.1, 0.15) is 5.76 Å². The van der Waals surface area contributed by atoms with Crippen molar-refractivity contribution in [3.63, 3.8) is 0 Å². The van der Waals surface area contributed by atoms with Gasteiger partial charge in [-0.05, 0) is 38.0 Å². The highest BCUT2D eigenvalue weighted by molar-refractivity contribution is 6.25. The van der Waals surface area contributed by atoms with Crippen molar-refractivity contribution in [1.29, 1.82) is 0 Å². The Bertz CT molecular complexity index is 1120. The highest BCUT2D eigenvalue weighted by Gasteiger charge is 2.65. The van der Waals surface area contributed by atoms with Crippen LogP contribution in [0.25, 0.3) is 0 Å². The maximum Gasteiger partial charge on any atom is 0.290 e. The highest BCUT2D eigenvalue weighted by atomic mass is 16.5. The Balaban J connectivity index is 1.96. The Labute approximate surface area is 186 Å². The molecule has 0 saturated carbocycles. The first kappa shape index (κ1) is 21.8. The quantitative estimate of drug-likeness (QED) is 0.502. The summed E-state index contributed by atoms with van der Waals surface area (Å²) in [7, 11) is 1.55. The molecule has 2 aliphatic rings. The summed E-state index contributed by atoms with van der Waals surface area (Å²) in [6.07, 6.45) is 1.12. The van der Waals surface area contributed by atoms with Crippen LogP contribution < -0.4 is 4.90 Å². The number of ether oxygens (including phenoxy) is 1. The number of fused-ring (bicyclic) bond motifs is 2. The molecule has 0 radical (unpaired) electrons. The zero-order chi connectivity index (χ0) is 23.0. The second-order valence-corrected chi connectivity index (χ2v) is 7.95. The Morgan fingerprint density at radius 3 is 2.56 bits per heavy atom. The van der Waals surface area contributed by atoms with Gasteiger partial charge in [0.05, 0.1) is 11.3 Å². The van der Waals surface area contributed by atoms with Crippen molar-refractivity contribution in [1.82, 2.24) is 4.90 Å². The van der Waals surface area contributed by atoms with Crippen LogP contribution in [-0.4, -0.2) is 54.4 Å². The number of para-hydroxylation sites is 1. The number of aliphatic hydroxyl groups excluding tert-OH is 1. The van der Waals surface area contributed by atoms with Crippen molar-refractivity contribution in [2.75, 3.05) is 31.7 Å². The summed E-state index contributed by atoms with van der Waals surface area (Å²) in [5.41, 5.74) is -0.886. The minimum atomic E-state index is -1.75. The average Bonchev–Trinajstić information content (AvgIpc) is 3.39. The number of ketones is 1. The number of carbonyl (C=O) groups excluding carboxylic acids is 3. The molecule has 0 bridgehead atoms. The summed E-state index contributed by atoms with van der Waals surface area (Å²) in [5, 5.41) is 10.9. The van der Waals surface area contributed by atoms with E-state index in [1.165, 1.54) is 11.0 Å². The van der Waals surface area contributed by atoms with Crippen molar-refractivity contribution < 1.29 is 28.6 Å². The molecule has 1 atom stereocenters. The third-order valence-corrected chi connectivity index (χ3v) is 5.96. The molecule has 1 N–H and O–H groups in total. The normalized spacial score (nSPS) is 20.1. The number of nitrogens with zero attached hydrogens (tertiary/aromatic N) is 2. The number of hydrogen-bond donors (Lipinski definition) is 1. The average molecular weight is 438 g/mol. The van der Waals surface area contributed by atoms with Crippen molar-refractivity contribution in [3.05, 3.63) is 64.8 Å². The summed E-state index contributed by atoms with van der Waals surface area (Å²) in [5.74, 6) is -2.11. The highest BCUT2D eigenvalue weighted by Crippen LogP contribution is 2.53. The van der Waals surface area contributed by atoms with Crippen LogP contribution >= 0.6 is 0 Å². The van der Waals surface area contributed by atoms with Crippen LogP contribution in [-0.2, 0) is 19.9 Å². The number of benzene rings is 1. The van der Waals surface area contributed by atoms with E-state index in [0.717, 1.165) is 0 Å². The van der Waals surface area contributed by atoms with Gasteiger partial charge in [-0.15, -0.1) is 0 Å². The third kappa shape index (κ3) is 2.97. The molecule has 32 heavy (non-hydrogen) atoms. The Kier molecular flexibility index (Phi) is 5.64. The lowest BCUT2D eigenvalue weighted by atomic mass is 9.81. The molecule has 1 aromatic heterocycles. The number of rotatable bonds is 8. The summed E-state index contributed by atoms with van der Waals surface area (Å²) >= 11 is 0. The van der Waals surface area contributed by atoms with Gasteiger partial charge in [0, 0.05) is 32.4 Å². The van der Waals surface area contributed by atoms with E-state index in [2.05, 4.69) is 0 Å². The van der Waals surface area contributed by atoms with Crippen LogP contribution in [0.15, 0.2) is 52.1 Å². The van der Waals surface area contributed by atoms with Gasteiger partial charge in [-0.3, -0.25) is 14.4 Å². The largest absolute Gasteiger partial charge is 0.503 e. The number of aliphatic hydroxyl groups is 1. The van der Waals surface area contributed by atoms with E-state index < -0.39 is 28.9 Å². The number of aryl methyl sites for hydroxylation is 1. The van der Waals surface area contributed by atoms with Crippen molar-refractivity contribution in [2.45, 2.75) is 32.2 Å². The molecule has 0 fully saturated rings. The molecule has 1 aromatic carbocycles. The number of carbonyl (C=O) groups is 3. The van der Waals surface area contributed by atoms with Gasteiger partial charge in [-0.25, -0.2) is 0 Å². The van der Waals surface area contributed by atoms with Gasteiger partial charge in [0.15, 0.2) is 17.1 Å². The molecule has 1 spiro atoms. The van der Waals surface area contributed by atoms with E-state index in [4.69, 9.17) is 9.15 Å². The van der Waals surface area contributed by atoms with E-state index in [1.54, 1.807) is 49.3 Å². The first-order valence-electron chi connectivity index (χ1n) is 10.7. The van der Waals surface area contributed by atoms with Crippen LogP contribution in [0.2, 0.25) is 0 Å². The van der Waals surface area contributed by atoms with E-state index in [9.17, 15) is 19.5 Å². The second-order valence-electron chi connectivity index (χ2n) is 7.95. The van der Waals surface area contributed by atoms with Crippen LogP contribution in [0, 0.1) is 6.92 Å². The van der Waals surface area contributed by atoms with Gasteiger partial charge in [-0.1, -0.05) is 25.1 Å². The third-order valence-electron chi connectivity index (χ3n) is 5.96. The number of Topliss-reactive ketones (excluding diaryl/α,β-unsaturated/α-hetero) is 1. The molecule has 8 nitrogen and oxygen atoms in total. The molecule has 8 heteroatoms. The monoisotopic (exact) mass is 438 g/mol. The number of amides is 2. The maximum absolute atomic E-state index is 14.0. The minimum Gasteiger partial charge on any atom is -0.503 e. The lowest BCUT2D eigenvalue weighted by molar-refractivity contribution is -0.140. The van der Waals surface area contributed by atoms with Crippen LogP contribution in [0.5, 0.6) is 0 Å². The van der Waals surface area contributed by atoms with Crippen LogP contribution in [0.4, 0.5) is 5.69 Å². The lowest BCUT2D eigenvalue weighted by Gasteiger charge is -2.35. The molecule has 0 unspecified atom stereocenters. The summed E-state index contributed by atoms with van der Waals surface area (Å²) < 4.78 is 10.6. The van der Waals surface area contributed by atoms with Gasteiger partial charge < -0.3 is 24.1 Å². The molecular formula is C24H26N2O6.